The number of nitrogens with one attached hydrogen (secondary N) is 1. The summed E-state index contributed by atoms with van der Waals surface area (Å²) in [7, 11) is 0. The minimum atomic E-state index is -4.15. The molecule has 0 aliphatic carbocycles. The van der Waals surface area contributed by atoms with Crippen LogP contribution >= 0.6 is 0 Å². The molecule has 3 nitrogen and oxygen atoms in total. The quantitative estimate of drug-likeness (QED) is 0.846. The second-order valence-corrected chi connectivity index (χ2v) is 4.99. The molecule has 0 aromatic carbocycles. The zero-order valence-corrected chi connectivity index (χ0v) is 10.9. The van der Waals surface area contributed by atoms with Crippen LogP contribution in [0, 0.1) is 5.92 Å². The van der Waals surface area contributed by atoms with Crippen LogP contribution in [0.3, 0.4) is 0 Å². The molecule has 2 atom stereocenters. The van der Waals surface area contributed by atoms with E-state index in [1.54, 1.807) is 4.90 Å². The molecule has 1 amide bonds. The summed E-state index contributed by atoms with van der Waals surface area (Å²) in [6.45, 7) is 4.41. The maximum Gasteiger partial charge on any atom is 0.393 e. The van der Waals surface area contributed by atoms with E-state index >= 15 is 0 Å². The highest BCUT2D eigenvalue weighted by Crippen LogP contribution is 2.32. The lowest BCUT2D eigenvalue weighted by atomic mass is 9.97. The zero-order valence-electron chi connectivity index (χ0n) is 10.9. The van der Waals surface area contributed by atoms with E-state index in [1.807, 2.05) is 13.8 Å². The maximum absolute atomic E-state index is 12.6. The lowest BCUT2D eigenvalue weighted by Gasteiger charge is -2.33. The number of nitrogens with zero attached hydrogens (tertiary/aromatic N) is 1. The van der Waals surface area contributed by atoms with E-state index in [4.69, 9.17) is 0 Å². The van der Waals surface area contributed by atoms with E-state index in [2.05, 4.69) is 5.32 Å². The van der Waals surface area contributed by atoms with Gasteiger partial charge in [-0.3, -0.25) is 9.69 Å². The van der Waals surface area contributed by atoms with Crippen molar-refractivity contribution >= 4 is 5.91 Å². The van der Waals surface area contributed by atoms with Crippen molar-refractivity contribution in [2.45, 2.75) is 45.3 Å². The molecule has 0 bridgehead atoms. The van der Waals surface area contributed by atoms with Gasteiger partial charge in [-0.15, -0.1) is 0 Å². The van der Waals surface area contributed by atoms with Crippen molar-refractivity contribution in [3.63, 3.8) is 0 Å². The molecule has 1 aliphatic heterocycles. The fraction of sp³-hybridized carbons (Fsp3) is 0.917. The molecule has 0 saturated carbocycles. The first-order valence-electron chi connectivity index (χ1n) is 6.41. The van der Waals surface area contributed by atoms with Gasteiger partial charge in [-0.05, 0) is 32.7 Å². The van der Waals surface area contributed by atoms with Gasteiger partial charge in [-0.25, -0.2) is 0 Å². The van der Waals surface area contributed by atoms with Gasteiger partial charge >= 0.3 is 6.18 Å². The number of piperidine rings is 1. The predicted octanol–water partition coefficient (Wildman–Crippen LogP) is 2.18. The van der Waals surface area contributed by atoms with E-state index in [-0.39, 0.29) is 31.5 Å². The Bertz CT molecular complexity index is 281. The molecule has 0 unspecified atom stereocenters. The Morgan fingerprint density at radius 3 is 2.72 bits per heavy atom. The normalized spacial score (nSPS) is 23.7. The molecule has 1 rings (SSSR count). The number of rotatable bonds is 4. The Kier molecular flexibility index (Phi) is 5.44. The number of likely N-dealkylation sites (tertiary alicyclic amines) is 1. The Balaban J connectivity index is 2.41. The molecule has 0 radical (unpaired) electrons. The maximum atomic E-state index is 12.6. The molecule has 1 saturated heterocycles. The van der Waals surface area contributed by atoms with E-state index in [0.717, 1.165) is 6.42 Å². The molecule has 0 aromatic rings. The van der Waals surface area contributed by atoms with Crippen LogP contribution in [-0.4, -0.2) is 42.7 Å². The van der Waals surface area contributed by atoms with E-state index in [1.165, 1.54) is 0 Å². The van der Waals surface area contributed by atoms with E-state index in [9.17, 15) is 18.0 Å². The van der Waals surface area contributed by atoms with Gasteiger partial charge in [0.1, 0.15) is 0 Å². The first-order valence-corrected chi connectivity index (χ1v) is 6.41. The van der Waals surface area contributed by atoms with Gasteiger partial charge in [0, 0.05) is 12.6 Å². The van der Waals surface area contributed by atoms with Gasteiger partial charge in [0.25, 0.3) is 0 Å². The van der Waals surface area contributed by atoms with Gasteiger partial charge in [0.2, 0.25) is 5.91 Å². The molecular weight excluding hydrogens is 245 g/mol. The van der Waals surface area contributed by atoms with Crippen LogP contribution in [0.2, 0.25) is 0 Å². The third-order valence-corrected chi connectivity index (χ3v) is 3.36. The van der Waals surface area contributed by atoms with Gasteiger partial charge < -0.3 is 5.32 Å². The molecule has 6 heteroatoms. The fourth-order valence-corrected chi connectivity index (χ4v) is 2.09. The highest BCUT2D eigenvalue weighted by Gasteiger charge is 2.41. The van der Waals surface area contributed by atoms with Gasteiger partial charge in [-0.2, -0.15) is 13.2 Å². The third-order valence-electron chi connectivity index (χ3n) is 3.36. The van der Waals surface area contributed by atoms with Crippen LogP contribution in [-0.2, 0) is 4.79 Å². The molecule has 0 aromatic heterocycles. The van der Waals surface area contributed by atoms with Crippen LogP contribution < -0.4 is 5.32 Å². The van der Waals surface area contributed by atoms with Crippen LogP contribution in [0.1, 0.15) is 33.1 Å². The van der Waals surface area contributed by atoms with Gasteiger partial charge in [-0.1, -0.05) is 6.92 Å². The summed E-state index contributed by atoms with van der Waals surface area (Å²) in [5.74, 6) is -1.48. The first-order chi connectivity index (χ1) is 8.32. The van der Waals surface area contributed by atoms with Crippen LogP contribution in [0.4, 0.5) is 13.2 Å². The number of alkyl halides is 3. The minimum Gasteiger partial charge on any atom is -0.353 e. The average molecular weight is 266 g/mol. The van der Waals surface area contributed by atoms with Crippen LogP contribution in [0.25, 0.3) is 0 Å². The average Bonchev–Trinajstić information content (AvgIpc) is 2.27. The summed E-state index contributed by atoms with van der Waals surface area (Å²) in [6.07, 6.45) is -2.66. The van der Waals surface area contributed by atoms with Crippen molar-refractivity contribution in [3.8, 4) is 0 Å². The standard InChI is InChI=1S/C12H21F3N2O/c1-3-9(2)16-11(18)8-17-6-4-5-10(7-17)12(13,14)15/h9-10H,3-8H2,1-2H3,(H,16,18)/t9-,10+/m1/s1. The lowest BCUT2D eigenvalue weighted by molar-refractivity contribution is -0.187. The monoisotopic (exact) mass is 266 g/mol. The third kappa shape index (κ3) is 4.84. The van der Waals surface area contributed by atoms with Crippen LogP contribution in [0.5, 0.6) is 0 Å². The molecule has 106 valence electrons. The fourth-order valence-electron chi connectivity index (χ4n) is 2.09. The van der Waals surface area contributed by atoms with Crippen molar-refractivity contribution in [3.05, 3.63) is 0 Å². The van der Waals surface area contributed by atoms with Gasteiger partial charge in [0.05, 0.1) is 12.5 Å². The summed E-state index contributed by atoms with van der Waals surface area (Å²) in [5, 5.41) is 2.77. The summed E-state index contributed by atoms with van der Waals surface area (Å²) < 4.78 is 37.8. The van der Waals surface area contributed by atoms with Crippen molar-refractivity contribution in [2.75, 3.05) is 19.6 Å². The molecule has 1 N–H and O–H groups in total. The summed E-state index contributed by atoms with van der Waals surface area (Å²) in [5.41, 5.74) is 0. The molecular formula is C12H21F3N2O. The Hall–Kier alpha value is -0.780. The Morgan fingerprint density at radius 1 is 1.50 bits per heavy atom. The molecule has 18 heavy (non-hydrogen) atoms. The molecule has 0 spiro atoms. The topological polar surface area (TPSA) is 32.3 Å². The van der Waals surface area contributed by atoms with Gasteiger partial charge in [0.15, 0.2) is 0 Å². The minimum absolute atomic E-state index is 0.0581. The summed E-state index contributed by atoms with van der Waals surface area (Å²) in [4.78, 5) is 13.2. The predicted molar refractivity (Wildman–Crippen MR) is 63.1 cm³/mol. The van der Waals surface area contributed by atoms with E-state index < -0.39 is 12.1 Å². The number of hydrogen-bond acceptors (Lipinski definition) is 2. The van der Waals surface area contributed by atoms with Crippen molar-refractivity contribution in [1.82, 2.24) is 10.2 Å². The molecule has 1 aliphatic rings. The number of carbonyl (C=O) groups is 1. The first kappa shape index (κ1) is 15.3. The Labute approximate surface area is 106 Å². The summed E-state index contributed by atoms with van der Waals surface area (Å²) >= 11 is 0. The zero-order chi connectivity index (χ0) is 13.8. The second kappa shape index (κ2) is 6.41. The SMILES string of the molecule is CC[C@@H](C)NC(=O)CN1CCC[C@H](C(F)(F)F)C1. The number of hydrogen-bond donors (Lipinski definition) is 1. The van der Waals surface area contributed by atoms with Crippen LogP contribution in [0.15, 0.2) is 0 Å². The second-order valence-electron chi connectivity index (χ2n) is 4.99. The van der Waals surface area contributed by atoms with Crippen molar-refractivity contribution < 1.29 is 18.0 Å². The lowest BCUT2D eigenvalue weighted by Crippen LogP contribution is -2.47. The number of amides is 1. The molecule has 1 heterocycles. The number of halogens is 3. The highest BCUT2D eigenvalue weighted by atomic mass is 19.4. The van der Waals surface area contributed by atoms with Crippen molar-refractivity contribution in [2.24, 2.45) is 5.92 Å². The molecule has 1 fully saturated rings. The van der Waals surface area contributed by atoms with E-state index in [0.29, 0.717) is 13.0 Å². The Morgan fingerprint density at radius 2 is 2.17 bits per heavy atom. The smallest absolute Gasteiger partial charge is 0.353 e. The largest absolute Gasteiger partial charge is 0.393 e. The number of carbonyl (C=O) groups excluding carboxylic acids is 1. The van der Waals surface area contributed by atoms with Crippen molar-refractivity contribution in [1.29, 1.82) is 0 Å². The highest BCUT2D eigenvalue weighted by molar-refractivity contribution is 5.78. The summed E-state index contributed by atoms with van der Waals surface area (Å²) in [6, 6.07) is 0.0701.